The molecule has 23 heavy (non-hydrogen) atoms. The van der Waals surface area contributed by atoms with Gasteiger partial charge in [0, 0.05) is 11.1 Å². The predicted molar refractivity (Wildman–Crippen MR) is 95.1 cm³/mol. The molecule has 1 rings (SSSR count). The largest absolute Gasteiger partial charge is 0.352 e. The van der Waals surface area contributed by atoms with Gasteiger partial charge in [-0.2, -0.15) is 0 Å². The predicted octanol–water partition coefficient (Wildman–Crippen LogP) is 4.05. The van der Waals surface area contributed by atoms with Crippen LogP contribution in [0.15, 0.2) is 18.2 Å². The van der Waals surface area contributed by atoms with E-state index in [4.69, 9.17) is 23.2 Å². The third-order valence-electron chi connectivity index (χ3n) is 3.51. The Bertz CT molecular complexity index is 562. The molecule has 0 aliphatic heterocycles. The highest BCUT2D eigenvalue weighted by atomic mass is 35.5. The quantitative estimate of drug-likeness (QED) is 0.772. The van der Waals surface area contributed by atoms with Crippen molar-refractivity contribution in [3.63, 3.8) is 0 Å². The molecule has 0 spiro atoms. The van der Waals surface area contributed by atoms with Crippen molar-refractivity contribution >= 4 is 35.0 Å². The second kappa shape index (κ2) is 9.14. The number of rotatable bonds is 7. The average Bonchev–Trinajstić information content (AvgIpc) is 2.45. The Morgan fingerprint density at radius 2 is 1.78 bits per heavy atom. The summed E-state index contributed by atoms with van der Waals surface area (Å²) >= 11 is 11.9. The number of carbonyl (C=O) groups is 2. The van der Waals surface area contributed by atoms with Crippen molar-refractivity contribution < 1.29 is 9.59 Å². The molecule has 2 atom stereocenters. The highest BCUT2D eigenvalue weighted by molar-refractivity contribution is 6.36. The molecule has 128 valence electrons. The Morgan fingerprint density at radius 3 is 2.30 bits per heavy atom. The minimum Gasteiger partial charge on any atom is -0.352 e. The summed E-state index contributed by atoms with van der Waals surface area (Å²) in [4.78, 5) is 24.8. The molecule has 0 aliphatic rings. The first-order valence-corrected chi connectivity index (χ1v) is 8.56. The lowest BCUT2D eigenvalue weighted by Crippen LogP contribution is -2.49. The smallest absolute Gasteiger partial charge is 0.253 e. The SMILES string of the molecule is CC[C@@H](C)NC(=O)[C@@H](CC(C)C)NC(=O)c1ccc(Cl)cc1Cl. The van der Waals surface area contributed by atoms with Crippen molar-refractivity contribution in [2.24, 2.45) is 5.92 Å². The highest BCUT2D eigenvalue weighted by Crippen LogP contribution is 2.21. The van der Waals surface area contributed by atoms with Gasteiger partial charge in [0.2, 0.25) is 5.91 Å². The van der Waals surface area contributed by atoms with Crippen molar-refractivity contribution in [1.82, 2.24) is 10.6 Å². The second-order valence-electron chi connectivity index (χ2n) is 6.10. The summed E-state index contributed by atoms with van der Waals surface area (Å²) in [6, 6.07) is 4.13. The van der Waals surface area contributed by atoms with E-state index in [9.17, 15) is 9.59 Å². The van der Waals surface area contributed by atoms with E-state index < -0.39 is 6.04 Å². The first kappa shape index (κ1) is 19.8. The van der Waals surface area contributed by atoms with Crippen LogP contribution in [0.1, 0.15) is 50.9 Å². The first-order valence-electron chi connectivity index (χ1n) is 7.80. The number of hydrogen-bond donors (Lipinski definition) is 2. The molecule has 1 aromatic carbocycles. The summed E-state index contributed by atoms with van der Waals surface area (Å²) in [6.45, 7) is 7.94. The van der Waals surface area contributed by atoms with Crippen LogP contribution in [0.3, 0.4) is 0 Å². The first-order chi connectivity index (χ1) is 10.7. The third-order valence-corrected chi connectivity index (χ3v) is 4.05. The Kier molecular flexibility index (Phi) is 7.86. The zero-order valence-corrected chi connectivity index (χ0v) is 15.5. The molecular formula is C17H24Cl2N2O2. The van der Waals surface area contributed by atoms with E-state index in [1.54, 1.807) is 12.1 Å². The van der Waals surface area contributed by atoms with Gasteiger partial charge in [0.1, 0.15) is 6.04 Å². The van der Waals surface area contributed by atoms with E-state index in [2.05, 4.69) is 10.6 Å². The number of benzene rings is 1. The van der Waals surface area contributed by atoms with E-state index in [-0.39, 0.29) is 28.8 Å². The van der Waals surface area contributed by atoms with Crippen LogP contribution in [0, 0.1) is 5.92 Å². The summed E-state index contributed by atoms with van der Waals surface area (Å²) in [5.74, 6) is -0.285. The van der Waals surface area contributed by atoms with Crippen molar-refractivity contribution in [3.8, 4) is 0 Å². The molecule has 2 N–H and O–H groups in total. The molecular weight excluding hydrogens is 335 g/mol. The van der Waals surface area contributed by atoms with Gasteiger partial charge in [0.05, 0.1) is 10.6 Å². The molecule has 2 amide bonds. The lowest BCUT2D eigenvalue weighted by atomic mass is 10.0. The van der Waals surface area contributed by atoms with Crippen molar-refractivity contribution in [2.75, 3.05) is 0 Å². The molecule has 0 saturated heterocycles. The minimum atomic E-state index is -0.594. The molecule has 1 aromatic rings. The fourth-order valence-corrected chi connectivity index (χ4v) is 2.55. The van der Waals surface area contributed by atoms with Crippen LogP contribution in [-0.4, -0.2) is 23.9 Å². The van der Waals surface area contributed by atoms with Crippen LogP contribution in [0.25, 0.3) is 0 Å². The third kappa shape index (κ3) is 6.40. The maximum Gasteiger partial charge on any atom is 0.253 e. The number of halogens is 2. The monoisotopic (exact) mass is 358 g/mol. The minimum absolute atomic E-state index is 0.0631. The summed E-state index contributed by atoms with van der Waals surface area (Å²) in [5.41, 5.74) is 0.307. The Balaban J connectivity index is 2.87. The zero-order chi connectivity index (χ0) is 17.6. The molecule has 0 heterocycles. The van der Waals surface area contributed by atoms with Crippen LogP contribution in [0.2, 0.25) is 10.0 Å². The highest BCUT2D eigenvalue weighted by Gasteiger charge is 2.24. The molecule has 0 saturated carbocycles. The molecule has 6 heteroatoms. The lowest BCUT2D eigenvalue weighted by molar-refractivity contribution is -0.124. The van der Waals surface area contributed by atoms with Gasteiger partial charge in [-0.25, -0.2) is 0 Å². The number of hydrogen-bond acceptors (Lipinski definition) is 2. The summed E-state index contributed by atoms with van der Waals surface area (Å²) < 4.78 is 0. The van der Waals surface area contributed by atoms with Gasteiger partial charge in [0.25, 0.3) is 5.91 Å². The van der Waals surface area contributed by atoms with E-state index in [1.807, 2.05) is 27.7 Å². The topological polar surface area (TPSA) is 58.2 Å². The van der Waals surface area contributed by atoms with Gasteiger partial charge in [-0.1, -0.05) is 44.0 Å². The van der Waals surface area contributed by atoms with Crippen LogP contribution in [0.4, 0.5) is 0 Å². The van der Waals surface area contributed by atoms with Crippen LogP contribution in [-0.2, 0) is 4.79 Å². The van der Waals surface area contributed by atoms with Crippen molar-refractivity contribution in [1.29, 1.82) is 0 Å². The van der Waals surface area contributed by atoms with Crippen molar-refractivity contribution in [2.45, 2.75) is 52.6 Å². The summed E-state index contributed by atoms with van der Waals surface area (Å²) in [7, 11) is 0. The molecule has 0 aliphatic carbocycles. The van der Waals surface area contributed by atoms with Gasteiger partial charge in [-0.15, -0.1) is 0 Å². The number of nitrogens with one attached hydrogen (secondary N) is 2. The Hall–Kier alpha value is -1.26. The van der Waals surface area contributed by atoms with Gasteiger partial charge >= 0.3 is 0 Å². The lowest BCUT2D eigenvalue weighted by Gasteiger charge is -2.22. The Labute approximate surface area is 147 Å². The standard InChI is InChI=1S/C17H24Cl2N2O2/c1-5-11(4)20-17(23)15(8-10(2)3)21-16(22)13-7-6-12(18)9-14(13)19/h6-7,9-11,15H,5,8H2,1-4H3,(H,20,23)(H,21,22)/t11-,15-/m1/s1. The molecule has 0 radical (unpaired) electrons. The van der Waals surface area contributed by atoms with Crippen LogP contribution < -0.4 is 10.6 Å². The maximum absolute atomic E-state index is 12.4. The van der Waals surface area contributed by atoms with E-state index >= 15 is 0 Å². The van der Waals surface area contributed by atoms with Crippen molar-refractivity contribution in [3.05, 3.63) is 33.8 Å². The van der Waals surface area contributed by atoms with E-state index in [0.717, 1.165) is 6.42 Å². The molecule has 0 bridgehead atoms. The molecule has 0 unspecified atom stereocenters. The zero-order valence-electron chi connectivity index (χ0n) is 14.0. The van der Waals surface area contributed by atoms with Crippen LogP contribution in [0.5, 0.6) is 0 Å². The molecule has 0 fully saturated rings. The fraction of sp³-hybridized carbons (Fsp3) is 0.529. The fourth-order valence-electron chi connectivity index (χ4n) is 2.06. The van der Waals surface area contributed by atoms with Gasteiger partial charge in [-0.05, 0) is 43.9 Å². The van der Waals surface area contributed by atoms with Crippen LogP contribution >= 0.6 is 23.2 Å². The van der Waals surface area contributed by atoms with Gasteiger partial charge in [0.15, 0.2) is 0 Å². The number of carbonyl (C=O) groups excluding carboxylic acids is 2. The molecule has 0 aromatic heterocycles. The molecule has 4 nitrogen and oxygen atoms in total. The Morgan fingerprint density at radius 1 is 1.13 bits per heavy atom. The van der Waals surface area contributed by atoms with Gasteiger partial charge in [-0.3, -0.25) is 9.59 Å². The maximum atomic E-state index is 12.4. The van der Waals surface area contributed by atoms with E-state index in [0.29, 0.717) is 17.0 Å². The number of amides is 2. The summed E-state index contributed by atoms with van der Waals surface area (Å²) in [5, 5.41) is 6.41. The summed E-state index contributed by atoms with van der Waals surface area (Å²) in [6.07, 6.45) is 1.39. The van der Waals surface area contributed by atoms with Gasteiger partial charge < -0.3 is 10.6 Å². The second-order valence-corrected chi connectivity index (χ2v) is 6.94. The normalized spacial score (nSPS) is 13.5. The average molecular weight is 359 g/mol. The van der Waals surface area contributed by atoms with E-state index in [1.165, 1.54) is 6.07 Å².